The molecule has 0 atom stereocenters. The van der Waals surface area contributed by atoms with Gasteiger partial charge in [0.2, 0.25) is 0 Å². The Balaban J connectivity index is 0.00000420. The van der Waals surface area contributed by atoms with Crippen LogP contribution in [-0.4, -0.2) is 13.0 Å². The molecule has 2 aromatic carbocycles. The Morgan fingerprint density at radius 1 is 0.724 bits per heavy atom. The van der Waals surface area contributed by atoms with E-state index in [4.69, 9.17) is 0 Å². The first-order valence-electron chi connectivity index (χ1n) is 11.0. The van der Waals surface area contributed by atoms with Gasteiger partial charge in [-0.25, -0.2) is 8.42 Å². The Morgan fingerprint density at radius 3 is 1.66 bits per heavy atom. The summed E-state index contributed by atoms with van der Waals surface area (Å²) in [5, 5.41) is 1.79. The van der Waals surface area contributed by atoms with E-state index in [1.54, 1.807) is 0 Å². The quantitative estimate of drug-likeness (QED) is 0.261. The molecule has 0 heterocycles. The molecule has 0 aliphatic rings. The molecular weight excluding hydrogens is 391 g/mol. The topological polar surface area (TPSA) is 57.2 Å². The molecule has 2 aromatic rings. The largest absolute Gasteiger partial charge is 1.00 e. The fourth-order valence-corrected chi connectivity index (χ4v) is 4.60. The smallest absolute Gasteiger partial charge is 0.744 e. The van der Waals surface area contributed by atoms with E-state index in [1.807, 2.05) is 30.3 Å². The molecule has 3 nitrogen and oxygen atoms in total. The number of rotatable bonds is 14. The molecule has 0 bridgehead atoms. The van der Waals surface area contributed by atoms with Crippen LogP contribution in [0.15, 0.2) is 41.3 Å². The summed E-state index contributed by atoms with van der Waals surface area (Å²) in [6.07, 6.45) is 15.9. The van der Waals surface area contributed by atoms with Crippen molar-refractivity contribution in [3.63, 3.8) is 0 Å². The number of fused-ring (bicyclic) bond motifs is 1. The summed E-state index contributed by atoms with van der Waals surface area (Å²) in [6, 6.07) is 11.0. The fraction of sp³-hybridized carbons (Fsp3) is 0.583. The summed E-state index contributed by atoms with van der Waals surface area (Å²) in [5.74, 6) is 0. The van der Waals surface area contributed by atoms with Crippen LogP contribution in [0.2, 0.25) is 0 Å². The number of hydrogen-bond donors (Lipinski definition) is 0. The number of aryl methyl sites for hydroxylation is 1. The van der Waals surface area contributed by atoms with E-state index in [0.717, 1.165) is 23.6 Å². The van der Waals surface area contributed by atoms with Crippen LogP contribution in [0.25, 0.3) is 10.8 Å². The Bertz CT molecular complexity index is 818. The molecule has 0 unspecified atom stereocenters. The molecule has 0 amide bonds. The molecule has 0 radical (unpaired) electrons. The van der Waals surface area contributed by atoms with Crippen LogP contribution in [-0.2, 0) is 16.5 Å². The van der Waals surface area contributed by atoms with Crippen LogP contribution in [0.5, 0.6) is 0 Å². The van der Waals surface area contributed by atoms with Crippen molar-refractivity contribution in [2.45, 2.75) is 95.3 Å². The molecule has 0 saturated carbocycles. The van der Waals surface area contributed by atoms with Gasteiger partial charge in [-0.2, -0.15) is 0 Å². The van der Waals surface area contributed by atoms with Crippen LogP contribution < -0.4 is 29.6 Å². The normalized spacial score (nSPS) is 11.5. The minimum absolute atomic E-state index is 0. The Kier molecular flexibility index (Phi) is 13.4. The maximum Gasteiger partial charge on any atom is 1.00 e. The number of benzene rings is 2. The molecule has 5 heteroatoms. The summed E-state index contributed by atoms with van der Waals surface area (Å²) in [6.45, 7) is 2.25. The summed E-state index contributed by atoms with van der Waals surface area (Å²) in [7, 11) is -4.44. The van der Waals surface area contributed by atoms with E-state index in [1.165, 1.54) is 70.3 Å². The second kappa shape index (κ2) is 14.6. The van der Waals surface area contributed by atoms with Gasteiger partial charge in [-0.1, -0.05) is 102 Å². The van der Waals surface area contributed by atoms with Crippen molar-refractivity contribution < 1.29 is 42.5 Å². The van der Waals surface area contributed by atoms with Gasteiger partial charge in [0.05, 0.1) is 4.90 Å². The van der Waals surface area contributed by atoms with Crippen molar-refractivity contribution in [1.82, 2.24) is 0 Å². The number of hydrogen-bond acceptors (Lipinski definition) is 3. The average Bonchev–Trinajstić information content (AvgIpc) is 2.67. The molecule has 0 fully saturated rings. The second-order valence-electron chi connectivity index (χ2n) is 7.90. The average molecular weight is 427 g/mol. The van der Waals surface area contributed by atoms with E-state index in [9.17, 15) is 13.0 Å². The monoisotopic (exact) mass is 426 g/mol. The van der Waals surface area contributed by atoms with Crippen molar-refractivity contribution >= 4 is 20.9 Å². The summed E-state index contributed by atoms with van der Waals surface area (Å²) < 4.78 is 35.0. The van der Waals surface area contributed by atoms with Crippen molar-refractivity contribution in [1.29, 1.82) is 0 Å². The third-order valence-electron chi connectivity index (χ3n) is 5.50. The molecular formula is C24H35NaO3S. The Labute approximate surface area is 199 Å². The number of unbranched alkanes of at least 4 members (excludes halogenated alkanes) is 11. The molecule has 0 aromatic heterocycles. The third-order valence-corrected chi connectivity index (χ3v) is 6.42. The molecule has 0 aliphatic heterocycles. The Morgan fingerprint density at radius 2 is 1.17 bits per heavy atom. The van der Waals surface area contributed by atoms with E-state index < -0.39 is 10.1 Å². The predicted molar refractivity (Wildman–Crippen MR) is 117 cm³/mol. The van der Waals surface area contributed by atoms with E-state index in [0.29, 0.717) is 12.0 Å². The van der Waals surface area contributed by atoms with Gasteiger partial charge in [-0.05, 0) is 41.3 Å². The molecule has 0 spiro atoms. The van der Waals surface area contributed by atoms with Crippen molar-refractivity contribution in [3.8, 4) is 0 Å². The Hall–Kier alpha value is -0.390. The van der Waals surface area contributed by atoms with Crippen LogP contribution in [0.3, 0.4) is 0 Å². The van der Waals surface area contributed by atoms with Crippen molar-refractivity contribution in [3.05, 3.63) is 42.0 Å². The van der Waals surface area contributed by atoms with Gasteiger partial charge in [-0.15, -0.1) is 0 Å². The van der Waals surface area contributed by atoms with Crippen LogP contribution in [0.4, 0.5) is 0 Å². The zero-order chi connectivity index (χ0) is 20.2. The van der Waals surface area contributed by atoms with E-state index in [-0.39, 0.29) is 34.5 Å². The van der Waals surface area contributed by atoms with Gasteiger partial charge in [0, 0.05) is 0 Å². The second-order valence-corrected chi connectivity index (χ2v) is 9.25. The molecule has 2 rings (SSSR count). The fourth-order valence-electron chi connectivity index (χ4n) is 3.85. The van der Waals surface area contributed by atoms with Crippen molar-refractivity contribution in [2.24, 2.45) is 0 Å². The minimum atomic E-state index is -4.44. The molecule has 0 saturated heterocycles. The molecule has 29 heavy (non-hydrogen) atoms. The first-order valence-corrected chi connectivity index (χ1v) is 12.4. The van der Waals surface area contributed by atoms with Gasteiger partial charge < -0.3 is 4.55 Å². The van der Waals surface area contributed by atoms with Gasteiger partial charge in [0.1, 0.15) is 10.1 Å². The van der Waals surface area contributed by atoms with Crippen LogP contribution >= 0.6 is 0 Å². The van der Waals surface area contributed by atoms with Gasteiger partial charge in [0.25, 0.3) is 0 Å². The first kappa shape index (κ1) is 26.6. The molecule has 0 aliphatic carbocycles. The third kappa shape index (κ3) is 9.97. The van der Waals surface area contributed by atoms with E-state index >= 15 is 0 Å². The van der Waals surface area contributed by atoms with Crippen LogP contribution in [0.1, 0.15) is 89.5 Å². The first-order chi connectivity index (χ1) is 13.5. The minimum Gasteiger partial charge on any atom is -0.744 e. The summed E-state index contributed by atoms with van der Waals surface area (Å²) in [4.78, 5) is -0.0470. The van der Waals surface area contributed by atoms with Crippen molar-refractivity contribution in [2.75, 3.05) is 0 Å². The maximum atomic E-state index is 11.7. The van der Waals surface area contributed by atoms with Crippen LogP contribution in [0, 0.1) is 0 Å². The maximum absolute atomic E-state index is 11.7. The standard InChI is InChI=1S/C24H36O3S.Na/c1-2-3-4-5-6-7-8-9-10-11-12-13-18-23-19-21-16-14-15-17-22(21)20-24(23)28(25,26)27;/h14-17,19-20H,2-13,18H2,1H3,(H,25,26,27);/q;+1/p-1. The summed E-state index contributed by atoms with van der Waals surface area (Å²) in [5.41, 5.74) is 0.667. The SMILES string of the molecule is CCCCCCCCCCCCCCc1cc2ccccc2cc1S(=O)(=O)[O-].[Na+]. The summed E-state index contributed by atoms with van der Waals surface area (Å²) >= 11 is 0. The van der Waals surface area contributed by atoms with E-state index in [2.05, 4.69) is 6.92 Å². The zero-order valence-electron chi connectivity index (χ0n) is 18.3. The molecule has 156 valence electrons. The van der Waals surface area contributed by atoms with Gasteiger partial charge in [0.15, 0.2) is 0 Å². The molecule has 0 N–H and O–H groups in total. The van der Waals surface area contributed by atoms with Gasteiger partial charge >= 0.3 is 29.6 Å². The zero-order valence-corrected chi connectivity index (χ0v) is 21.1. The predicted octanol–water partition coefficient (Wildman–Crippen LogP) is 3.99. The van der Waals surface area contributed by atoms with Gasteiger partial charge in [-0.3, -0.25) is 0 Å².